The summed E-state index contributed by atoms with van der Waals surface area (Å²) in [6.45, 7) is 0. The molecule has 0 unspecified atom stereocenters. The van der Waals surface area contributed by atoms with Gasteiger partial charge in [0.2, 0.25) is 0 Å². The summed E-state index contributed by atoms with van der Waals surface area (Å²) in [5.41, 5.74) is 0.975. The van der Waals surface area contributed by atoms with E-state index in [1.807, 2.05) is 40.5 Å². The average molecular weight is 245 g/mol. The van der Waals surface area contributed by atoms with Crippen molar-refractivity contribution in [2.75, 3.05) is 0 Å². The summed E-state index contributed by atoms with van der Waals surface area (Å²) in [5, 5.41) is 1.22. The summed E-state index contributed by atoms with van der Waals surface area (Å²) in [6, 6.07) is 8.04. The molecule has 0 atom stereocenters. The fraction of sp³-hybridized carbons (Fsp3) is 0. The topological polar surface area (TPSA) is 13.1 Å². The monoisotopic (exact) mass is 247 g/mol. The third-order valence-electron chi connectivity index (χ3n) is 1.45. The van der Waals surface area contributed by atoms with Crippen LogP contribution in [0.3, 0.4) is 0 Å². The SMILES string of the molecule is [Te]c1coc2ccccc12. The molecule has 1 aromatic heterocycles. The van der Waals surface area contributed by atoms with Gasteiger partial charge in [-0.05, 0) is 0 Å². The minimum atomic E-state index is 0.975. The van der Waals surface area contributed by atoms with E-state index in [9.17, 15) is 0 Å². The van der Waals surface area contributed by atoms with Gasteiger partial charge in [0.15, 0.2) is 0 Å². The molecule has 0 bridgehead atoms. The van der Waals surface area contributed by atoms with E-state index in [0.29, 0.717) is 0 Å². The van der Waals surface area contributed by atoms with E-state index in [-0.39, 0.29) is 0 Å². The first-order valence-corrected chi connectivity index (χ1v) is 4.18. The number of para-hydroxylation sites is 1. The minimum absolute atomic E-state index is 0.975. The van der Waals surface area contributed by atoms with E-state index in [1.54, 1.807) is 6.26 Å². The zero-order valence-electron chi connectivity index (χ0n) is 5.20. The molecule has 1 aromatic carbocycles. The van der Waals surface area contributed by atoms with E-state index in [1.165, 1.54) is 9.00 Å². The number of hydrogen-bond donors (Lipinski definition) is 0. The van der Waals surface area contributed by atoms with Crippen LogP contribution in [0, 0.1) is 0 Å². The Balaban J connectivity index is 2.93. The van der Waals surface area contributed by atoms with Gasteiger partial charge in [0.25, 0.3) is 0 Å². The zero-order chi connectivity index (χ0) is 6.97. The van der Waals surface area contributed by atoms with Crippen molar-refractivity contribution < 1.29 is 4.42 Å². The second-order valence-corrected chi connectivity index (χ2v) is 3.35. The molecule has 0 aliphatic carbocycles. The van der Waals surface area contributed by atoms with Gasteiger partial charge in [0.1, 0.15) is 0 Å². The fourth-order valence-corrected chi connectivity index (χ4v) is 1.57. The third kappa shape index (κ3) is 0.847. The van der Waals surface area contributed by atoms with Gasteiger partial charge in [-0.25, -0.2) is 0 Å². The molecule has 2 rings (SSSR count). The maximum absolute atomic E-state index is 5.25. The van der Waals surface area contributed by atoms with Crippen molar-refractivity contribution >= 4 is 36.9 Å². The van der Waals surface area contributed by atoms with E-state index < -0.39 is 0 Å². The van der Waals surface area contributed by atoms with Crippen molar-refractivity contribution in [1.82, 2.24) is 0 Å². The van der Waals surface area contributed by atoms with Crippen molar-refractivity contribution in [1.29, 1.82) is 0 Å². The van der Waals surface area contributed by atoms with E-state index in [4.69, 9.17) is 4.42 Å². The van der Waals surface area contributed by atoms with Crippen LogP contribution in [0.15, 0.2) is 34.9 Å². The quantitative estimate of drug-likeness (QED) is 0.636. The van der Waals surface area contributed by atoms with Crippen molar-refractivity contribution in [3.8, 4) is 0 Å². The molecule has 10 heavy (non-hydrogen) atoms. The van der Waals surface area contributed by atoms with Crippen molar-refractivity contribution in [2.45, 2.75) is 0 Å². The molecule has 0 aliphatic heterocycles. The second kappa shape index (κ2) is 2.30. The molecule has 1 nitrogen and oxygen atoms in total. The molecule has 49 valence electrons. The number of benzene rings is 1. The molecular weight excluding hydrogens is 240 g/mol. The Morgan fingerprint density at radius 3 is 2.80 bits per heavy atom. The van der Waals surface area contributed by atoms with Crippen LogP contribution in [-0.4, -0.2) is 22.3 Å². The molecule has 2 heteroatoms. The van der Waals surface area contributed by atoms with Gasteiger partial charge < -0.3 is 0 Å². The van der Waals surface area contributed by atoms with Crippen LogP contribution in [-0.2, 0) is 0 Å². The van der Waals surface area contributed by atoms with Gasteiger partial charge in [-0.2, -0.15) is 0 Å². The number of hydrogen-bond acceptors (Lipinski definition) is 1. The maximum atomic E-state index is 5.25. The molecule has 1 radical (unpaired) electrons. The molecule has 1 heterocycles. The normalized spacial score (nSPS) is 10.4. The van der Waals surface area contributed by atoms with E-state index in [0.717, 1.165) is 5.58 Å². The molecule has 0 amide bonds. The Labute approximate surface area is 71.9 Å². The molecule has 0 fully saturated rings. The standard InChI is InChI=1S/C8H5OTe/c10-8-5-9-7-4-2-1-3-6(7)8/h1-5H. The summed E-state index contributed by atoms with van der Waals surface area (Å²) < 4.78 is 6.47. The molecule has 2 aromatic rings. The van der Waals surface area contributed by atoms with Crippen LogP contribution < -0.4 is 3.61 Å². The summed E-state index contributed by atoms with van der Waals surface area (Å²) >= 11 is 1.98. The molecule has 0 saturated carbocycles. The van der Waals surface area contributed by atoms with Gasteiger partial charge in [-0.3, -0.25) is 0 Å². The predicted octanol–water partition coefficient (Wildman–Crippen LogP) is 1.23. The van der Waals surface area contributed by atoms with Crippen LogP contribution >= 0.6 is 0 Å². The summed E-state index contributed by atoms with van der Waals surface area (Å²) in [7, 11) is 0. The summed E-state index contributed by atoms with van der Waals surface area (Å²) in [5.74, 6) is 0. The second-order valence-electron chi connectivity index (χ2n) is 2.10. The van der Waals surface area contributed by atoms with Gasteiger partial charge >= 0.3 is 71.8 Å². The summed E-state index contributed by atoms with van der Waals surface area (Å²) in [6.07, 6.45) is 1.79. The molecule has 0 saturated heterocycles. The van der Waals surface area contributed by atoms with Crippen molar-refractivity contribution in [2.24, 2.45) is 0 Å². The molecule has 0 N–H and O–H groups in total. The first-order chi connectivity index (χ1) is 4.88. The Bertz CT molecular complexity index is 351. The first kappa shape index (κ1) is 6.27. The van der Waals surface area contributed by atoms with Gasteiger partial charge in [0.05, 0.1) is 0 Å². The molecule has 0 aliphatic rings. The number of furan rings is 1. The van der Waals surface area contributed by atoms with Gasteiger partial charge in [0, 0.05) is 0 Å². The summed E-state index contributed by atoms with van der Waals surface area (Å²) in [4.78, 5) is 0. The third-order valence-corrected chi connectivity index (χ3v) is 2.35. The Hall–Kier alpha value is -0.450. The Morgan fingerprint density at radius 1 is 1.20 bits per heavy atom. The van der Waals surface area contributed by atoms with E-state index >= 15 is 0 Å². The van der Waals surface area contributed by atoms with E-state index in [2.05, 4.69) is 6.07 Å². The fourth-order valence-electron chi connectivity index (χ4n) is 0.953. The molecule has 0 spiro atoms. The predicted molar refractivity (Wildman–Crippen MR) is 41.6 cm³/mol. The van der Waals surface area contributed by atoms with Crippen LogP contribution in [0.5, 0.6) is 0 Å². The zero-order valence-corrected chi connectivity index (χ0v) is 7.53. The van der Waals surface area contributed by atoms with Crippen LogP contribution in [0.4, 0.5) is 0 Å². The van der Waals surface area contributed by atoms with Crippen molar-refractivity contribution in [3.63, 3.8) is 0 Å². The van der Waals surface area contributed by atoms with Crippen LogP contribution in [0.1, 0.15) is 0 Å². The Kier molecular flexibility index (Phi) is 1.44. The van der Waals surface area contributed by atoms with Crippen LogP contribution in [0.25, 0.3) is 11.0 Å². The number of rotatable bonds is 0. The van der Waals surface area contributed by atoms with Gasteiger partial charge in [-0.15, -0.1) is 0 Å². The van der Waals surface area contributed by atoms with Crippen LogP contribution in [0.2, 0.25) is 0 Å². The van der Waals surface area contributed by atoms with Crippen molar-refractivity contribution in [3.05, 3.63) is 30.5 Å². The molecular formula is C8H5OTe. The Morgan fingerprint density at radius 2 is 2.00 bits per heavy atom. The van der Waals surface area contributed by atoms with Gasteiger partial charge in [-0.1, -0.05) is 0 Å². The number of fused-ring (bicyclic) bond motifs is 1. The average Bonchev–Trinajstić information content (AvgIpc) is 2.34. The first-order valence-electron chi connectivity index (χ1n) is 3.01.